The third-order valence-electron chi connectivity index (χ3n) is 4.40. The number of Topliss-reactive ketones (excluding diaryl/α,β-unsaturated/α-hetero) is 1. The predicted octanol–water partition coefficient (Wildman–Crippen LogP) is 3.81. The monoisotopic (exact) mass is 410 g/mol. The first-order valence-corrected chi connectivity index (χ1v) is 9.90. The zero-order valence-corrected chi connectivity index (χ0v) is 17.5. The number of carbonyl (C=O) groups excluding carboxylic acids is 2. The summed E-state index contributed by atoms with van der Waals surface area (Å²) in [4.78, 5) is 24.4. The number of ketones is 1. The summed E-state index contributed by atoms with van der Waals surface area (Å²) in [6.07, 6.45) is 0. The Labute approximate surface area is 173 Å². The van der Waals surface area contributed by atoms with Gasteiger partial charge in [0.25, 0.3) is 0 Å². The van der Waals surface area contributed by atoms with Crippen molar-refractivity contribution in [1.29, 1.82) is 0 Å². The molecule has 0 aliphatic heterocycles. The number of methoxy groups -OCH3 is 1. The first-order valence-electron chi connectivity index (χ1n) is 9.02. The van der Waals surface area contributed by atoms with Crippen LogP contribution in [0.15, 0.2) is 53.7 Å². The molecule has 0 unspecified atom stereocenters. The molecule has 1 heterocycles. The minimum atomic E-state index is -0.429. The largest absolute Gasteiger partial charge is 0.497 e. The van der Waals surface area contributed by atoms with Gasteiger partial charge in [0, 0.05) is 18.2 Å². The number of thioether (sulfide) groups is 1. The number of carbonyl (C=O) groups is 2. The van der Waals surface area contributed by atoms with Gasteiger partial charge in [0.2, 0.25) is 5.91 Å². The summed E-state index contributed by atoms with van der Waals surface area (Å²) in [6.45, 7) is 3.27. The van der Waals surface area contributed by atoms with Crippen LogP contribution in [0.1, 0.15) is 24.2 Å². The van der Waals surface area contributed by atoms with E-state index in [1.54, 1.807) is 38.3 Å². The van der Waals surface area contributed by atoms with E-state index in [0.29, 0.717) is 22.2 Å². The molecule has 3 rings (SSSR count). The Morgan fingerprint density at radius 1 is 1.10 bits per heavy atom. The van der Waals surface area contributed by atoms with Crippen LogP contribution in [0.5, 0.6) is 5.75 Å². The summed E-state index contributed by atoms with van der Waals surface area (Å²) in [5, 5.41) is 11.5. The Hall–Kier alpha value is -3.13. The zero-order chi connectivity index (χ0) is 21.0. The standard InChI is InChI=1S/C21H22N4O3S/c1-13(26)17-7-5-6-8-18(17)22-20(27)14(2)29-21-24-23-19(25(21)3)15-9-11-16(28-4)12-10-15/h5-12,14H,1-4H3,(H,22,27)/t14-/m1/s1. The van der Waals surface area contributed by atoms with Gasteiger partial charge < -0.3 is 14.6 Å². The van der Waals surface area contributed by atoms with Crippen LogP contribution in [0.25, 0.3) is 11.4 Å². The van der Waals surface area contributed by atoms with Gasteiger partial charge in [-0.1, -0.05) is 23.9 Å². The Bertz CT molecular complexity index is 1030. The van der Waals surface area contributed by atoms with Crippen molar-refractivity contribution < 1.29 is 14.3 Å². The number of anilines is 1. The number of hydrogen-bond acceptors (Lipinski definition) is 6. The second kappa shape index (κ2) is 8.91. The Morgan fingerprint density at radius 3 is 2.45 bits per heavy atom. The quantitative estimate of drug-likeness (QED) is 0.471. The summed E-state index contributed by atoms with van der Waals surface area (Å²) in [5.74, 6) is 1.16. The van der Waals surface area contributed by atoms with Crippen molar-refractivity contribution >= 4 is 29.1 Å². The molecule has 7 nitrogen and oxygen atoms in total. The molecule has 29 heavy (non-hydrogen) atoms. The molecule has 0 radical (unpaired) electrons. The molecular weight excluding hydrogens is 388 g/mol. The lowest BCUT2D eigenvalue weighted by atomic mass is 10.1. The first-order chi connectivity index (χ1) is 13.9. The van der Waals surface area contributed by atoms with Gasteiger partial charge in [-0.05, 0) is 50.2 Å². The number of benzene rings is 2. The molecule has 2 aromatic carbocycles. The van der Waals surface area contributed by atoms with E-state index in [0.717, 1.165) is 11.3 Å². The van der Waals surface area contributed by atoms with Gasteiger partial charge in [0.1, 0.15) is 5.75 Å². The lowest BCUT2D eigenvalue weighted by Crippen LogP contribution is -2.23. The van der Waals surface area contributed by atoms with Gasteiger partial charge in [0.15, 0.2) is 16.8 Å². The molecule has 0 bridgehead atoms. The molecule has 1 N–H and O–H groups in total. The van der Waals surface area contributed by atoms with E-state index in [-0.39, 0.29) is 11.7 Å². The topological polar surface area (TPSA) is 86.1 Å². The summed E-state index contributed by atoms with van der Waals surface area (Å²) < 4.78 is 7.03. The molecule has 0 aliphatic rings. The van der Waals surface area contributed by atoms with Crippen molar-refractivity contribution in [3.05, 3.63) is 54.1 Å². The van der Waals surface area contributed by atoms with Gasteiger partial charge in [0.05, 0.1) is 18.0 Å². The van der Waals surface area contributed by atoms with E-state index in [1.807, 2.05) is 35.9 Å². The zero-order valence-electron chi connectivity index (χ0n) is 16.7. The number of rotatable bonds is 7. The molecule has 150 valence electrons. The highest BCUT2D eigenvalue weighted by atomic mass is 32.2. The number of nitrogens with one attached hydrogen (secondary N) is 1. The van der Waals surface area contributed by atoms with Crippen molar-refractivity contribution in [1.82, 2.24) is 14.8 Å². The van der Waals surface area contributed by atoms with Crippen LogP contribution in [0, 0.1) is 0 Å². The molecular formula is C21H22N4O3S. The summed E-state index contributed by atoms with van der Waals surface area (Å²) in [6, 6.07) is 14.5. The van der Waals surface area contributed by atoms with Crippen LogP contribution in [0.3, 0.4) is 0 Å². The van der Waals surface area contributed by atoms with E-state index in [9.17, 15) is 9.59 Å². The van der Waals surface area contributed by atoms with Crippen molar-refractivity contribution in [3.8, 4) is 17.1 Å². The number of aromatic nitrogens is 3. The van der Waals surface area contributed by atoms with Gasteiger partial charge in [-0.3, -0.25) is 9.59 Å². The normalized spacial score (nSPS) is 11.7. The molecule has 0 fully saturated rings. The molecule has 8 heteroatoms. The maximum absolute atomic E-state index is 12.6. The fourth-order valence-corrected chi connectivity index (χ4v) is 3.57. The lowest BCUT2D eigenvalue weighted by Gasteiger charge is -2.13. The number of hydrogen-bond donors (Lipinski definition) is 1. The highest BCUT2D eigenvalue weighted by Gasteiger charge is 2.20. The van der Waals surface area contributed by atoms with Crippen molar-refractivity contribution in [3.63, 3.8) is 0 Å². The van der Waals surface area contributed by atoms with E-state index in [4.69, 9.17) is 4.74 Å². The summed E-state index contributed by atoms with van der Waals surface area (Å²) in [7, 11) is 3.48. The number of ether oxygens (including phenoxy) is 1. The molecule has 0 aliphatic carbocycles. The smallest absolute Gasteiger partial charge is 0.237 e. The minimum absolute atomic E-state index is 0.0985. The van der Waals surface area contributed by atoms with Crippen LogP contribution in [-0.2, 0) is 11.8 Å². The molecule has 0 saturated heterocycles. The molecule has 3 aromatic rings. The minimum Gasteiger partial charge on any atom is -0.497 e. The van der Waals surface area contributed by atoms with Crippen LogP contribution in [-0.4, -0.2) is 38.8 Å². The van der Waals surface area contributed by atoms with Crippen LogP contribution < -0.4 is 10.1 Å². The van der Waals surface area contributed by atoms with Gasteiger partial charge in [-0.2, -0.15) is 0 Å². The van der Waals surface area contributed by atoms with Crippen LogP contribution in [0.4, 0.5) is 5.69 Å². The number of amides is 1. The third-order valence-corrected chi connectivity index (χ3v) is 5.53. The Morgan fingerprint density at radius 2 is 1.79 bits per heavy atom. The molecule has 1 amide bonds. The lowest BCUT2D eigenvalue weighted by molar-refractivity contribution is -0.115. The van der Waals surface area contributed by atoms with Crippen LogP contribution in [0.2, 0.25) is 0 Å². The van der Waals surface area contributed by atoms with Crippen molar-refractivity contribution in [2.45, 2.75) is 24.3 Å². The van der Waals surface area contributed by atoms with Crippen molar-refractivity contribution in [2.24, 2.45) is 7.05 Å². The van der Waals surface area contributed by atoms with Crippen LogP contribution >= 0.6 is 11.8 Å². The first kappa shape index (κ1) is 20.6. The fraction of sp³-hybridized carbons (Fsp3) is 0.238. The highest BCUT2D eigenvalue weighted by molar-refractivity contribution is 8.00. The van der Waals surface area contributed by atoms with E-state index in [1.165, 1.54) is 18.7 Å². The molecule has 1 atom stereocenters. The van der Waals surface area contributed by atoms with E-state index >= 15 is 0 Å². The van der Waals surface area contributed by atoms with E-state index < -0.39 is 5.25 Å². The van der Waals surface area contributed by atoms with Gasteiger partial charge in [-0.15, -0.1) is 10.2 Å². The van der Waals surface area contributed by atoms with Gasteiger partial charge >= 0.3 is 0 Å². The fourth-order valence-electron chi connectivity index (χ4n) is 2.75. The predicted molar refractivity (Wildman–Crippen MR) is 113 cm³/mol. The van der Waals surface area contributed by atoms with E-state index in [2.05, 4.69) is 15.5 Å². The molecule has 0 spiro atoms. The Balaban J connectivity index is 1.72. The summed E-state index contributed by atoms with van der Waals surface area (Å²) >= 11 is 1.30. The maximum Gasteiger partial charge on any atom is 0.237 e. The third kappa shape index (κ3) is 4.65. The molecule has 1 aromatic heterocycles. The second-order valence-corrected chi connectivity index (χ2v) is 7.75. The second-order valence-electron chi connectivity index (χ2n) is 6.44. The van der Waals surface area contributed by atoms with Gasteiger partial charge in [-0.25, -0.2) is 0 Å². The molecule has 0 saturated carbocycles. The highest BCUT2D eigenvalue weighted by Crippen LogP contribution is 2.27. The average molecular weight is 410 g/mol. The number of para-hydroxylation sites is 1. The Kier molecular flexibility index (Phi) is 6.33. The van der Waals surface area contributed by atoms with Crippen molar-refractivity contribution in [2.75, 3.05) is 12.4 Å². The average Bonchev–Trinajstić information content (AvgIpc) is 3.08. The summed E-state index contributed by atoms with van der Waals surface area (Å²) in [5.41, 5.74) is 1.90. The number of nitrogens with zero attached hydrogens (tertiary/aromatic N) is 3. The maximum atomic E-state index is 12.6. The SMILES string of the molecule is COc1ccc(-c2nnc(S[C@H](C)C(=O)Nc3ccccc3C(C)=O)n2C)cc1.